The molecule has 0 fully saturated rings. The molecule has 0 saturated carbocycles. The van der Waals surface area contributed by atoms with Gasteiger partial charge in [0.1, 0.15) is 21.3 Å². The fourth-order valence-electron chi connectivity index (χ4n) is 4.86. The lowest BCUT2D eigenvalue weighted by atomic mass is 10.1. The lowest BCUT2D eigenvalue weighted by molar-refractivity contribution is -0.117. The number of fused-ring (bicyclic) bond motifs is 6. The van der Waals surface area contributed by atoms with Gasteiger partial charge < -0.3 is 10.3 Å². The number of carbonyl (C=O) groups excluding carboxylic acids is 1. The number of amides is 1. The van der Waals surface area contributed by atoms with Crippen molar-refractivity contribution >= 4 is 49.7 Å². The Hall–Kier alpha value is -4.42. The fourth-order valence-corrected chi connectivity index (χ4v) is 5.93. The predicted molar refractivity (Wildman–Crippen MR) is 141 cm³/mol. The molecule has 7 rings (SSSR count). The minimum absolute atomic E-state index is 0.137. The molecule has 1 aliphatic rings. The summed E-state index contributed by atoms with van der Waals surface area (Å²) >= 11 is 1.48. The molecule has 7 heterocycles. The minimum atomic E-state index is -0.247. The van der Waals surface area contributed by atoms with E-state index in [-0.39, 0.29) is 18.0 Å². The first-order valence-electron chi connectivity index (χ1n) is 11.8. The highest BCUT2D eigenvalue weighted by atomic mass is 32.1. The molecule has 1 amide bonds. The Balaban J connectivity index is 1.15. The molecule has 1 aliphatic heterocycles. The standard InChI is InChI=1S/C25H21N9O2S/c1-32-10-15(8-28-32)19-12-34-25(37-19)21-23(31-34)22-18(30-24(21)36)7-16(9-27-22)29-20(35)13-33-6-4-17-14(11-33)3-2-5-26-17/h2-3,5,7-10,12H,4,6,11,13H2,1H3,(H,29,35)(H,30,36). The number of nitrogens with zero attached hydrogens (tertiary/aromatic N) is 7. The van der Waals surface area contributed by atoms with E-state index in [1.54, 1.807) is 33.9 Å². The maximum atomic E-state index is 13.1. The molecule has 37 heavy (non-hydrogen) atoms. The SMILES string of the molecule is Cn1cc(-c2cn3nc4c5ncc(NC(=O)CN6CCc7ncccc7C6)cc5[nH]c(=O)c4c3s2)cn1. The summed E-state index contributed by atoms with van der Waals surface area (Å²) in [6.45, 7) is 1.73. The Morgan fingerprint density at radius 1 is 1.22 bits per heavy atom. The van der Waals surface area contributed by atoms with Crippen LogP contribution in [0, 0.1) is 0 Å². The third-order valence-electron chi connectivity index (χ3n) is 6.58. The number of H-pyrrole nitrogens is 1. The zero-order chi connectivity index (χ0) is 25.1. The van der Waals surface area contributed by atoms with Crippen molar-refractivity contribution in [3.05, 3.63) is 70.8 Å². The van der Waals surface area contributed by atoms with E-state index in [1.165, 1.54) is 11.3 Å². The number of rotatable bonds is 4. The number of aryl methyl sites for hydroxylation is 1. The summed E-state index contributed by atoms with van der Waals surface area (Å²) in [6.07, 6.45) is 9.83. The van der Waals surface area contributed by atoms with Crippen LogP contribution in [0.3, 0.4) is 0 Å². The van der Waals surface area contributed by atoms with Crippen molar-refractivity contribution in [3.8, 4) is 10.4 Å². The molecule has 0 aromatic carbocycles. The number of anilines is 1. The van der Waals surface area contributed by atoms with Crippen molar-refractivity contribution in [2.24, 2.45) is 7.05 Å². The quantitative estimate of drug-likeness (QED) is 0.373. The summed E-state index contributed by atoms with van der Waals surface area (Å²) in [5, 5.41) is 12.3. The molecule has 2 N–H and O–H groups in total. The van der Waals surface area contributed by atoms with Crippen molar-refractivity contribution in [3.63, 3.8) is 0 Å². The molecule has 6 aromatic rings. The topological polar surface area (TPSA) is 126 Å². The summed E-state index contributed by atoms with van der Waals surface area (Å²) in [4.78, 5) is 41.5. The van der Waals surface area contributed by atoms with Gasteiger partial charge in [-0.1, -0.05) is 6.07 Å². The second-order valence-corrected chi connectivity index (χ2v) is 10.2. The number of thiazole rings is 1. The molecule has 12 heteroatoms. The molecular weight excluding hydrogens is 490 g/mol. The summed E-state index contributed by atoms with van der Waals surface area (Å²) < 4.78 is 3.45. The lowest BCUT2D eigenvalue weighted by Gasteiger charge is -2.27. The van der Waals surface area contributed by atoms with Crippen LogP contribution in [0.1, 0.15) is 11.3 Å². The molecule has 0 atom stereocenters. The van der Waals surface area contributed by atoms with Crippen molar-refractivity contribution in [2.75, 3.05) is 18.4 Å². The van der Waals surface area contributed by atoms with Gasteiger partial charge >= 0.3 is 0 Å². The van der Waals surface area contributed by atoms with E-state index >= 15 is 0 Å². The number of hydrogen-bond donors (Lipinski definition) is 2. The van der Waals surface area contributed by atoms with E-state index < -0.39 is 0 Å². The number of hydrogen-bond acceptors (Lipinski definition) is 8. The van der Waals surface area contributed by atoms with Gasteiger partial charge in [-0.2, -0.15) is 10.2 Å². The van der Waals surface area contributed by atoms with Crippen molar-refractivity contribution < 1.29 is 4.79 Å². The van der Waals surface area contributed by atoms with E-state index in [1.807, 2.05) is 25.5 Å². The molecule has 0 spiro atoms. The normalized spacial score (nSPS) is 14.0. The van der Waals surface area contributed by atoms with Crippen LogP contribution < -0.4 is 10.9 Å². The highest BCUT2D eigenvalue weighted by Gasteiger charge is 2.20. The molecule has 184 valence electrons. The Morgan fingerprint density at radius 3 is 3.00 bits per heavy atom. The molecule has 6 aromatic heterocycles. The monoisotopic (exact) mass is 511 g/mol. The third-order valence-corrected chi connectivity index (χ3v) is 7.73. The number of pyridine rings is 3. The van der Waals surface area contributed by atoms with Gasteiger partial charge in [0.25, 0.3) is 5.56 Å². The van der Waals surface area contributed by atoms with Crippen LogP contribution in [0.15, 0.2) is 54.0 Å². The highest BCUT2D eigenvalue weighted by Crippen LogP contribution is 2.33. The second-order valence-electron chi connectivity index (χ2n) is 9.16. The van der Waals surface area contributed by atoms with Gasteiger partial charge in [-0.05, 0) is 17.7 Å². The van der Waals surface area contributed by atoms with E-state index in [2.05, 4.69) is 41.4 Å². The molecule has 0 radical (unpaired) electrons. The van der Waals surface area contributed by atoms with Crippen LogP contribution >= 0.6 is 11.3 Å². The number of aromatic amines is 1. The first-order chi connectivity index (χ1) is 18.0. The van der Waals surface area contributed by atoms with Gasteiger partial charge in [-0.25, -0.2) is 4.52 Å². The van der Waals surface area contributed by atoms with Gasteiger partial charge in [-0.15, -0.1) is 11.3 Å². The Kier molecular flexibility index (Phi) is 4.91. The van der Waals surface area contributed by atoms with Crippen molar-refractivity contribution in [2.45, 2.75) is 13.0 Å². The number of nitrogens with one attached hydrogen (secondary N) is 2. The lowest BCUT2D eigenvalue weighted by Crippen LogP contribution is -2.37. The molecule has 0 aliphatic carbocycles. The van der Waals surface area contributed by atoms with Crippen LogP contribution in [0.5, 0.6) is 0 Å². The van der Waals surface area contributed by atoms with E-state index in [0.717, 1.165) is 39.5 Å². The van der Waals surface area contributed by atoms with Gasteiger partial charge in [-0.3, -0.25) is 29.1 Å². The summed E-state index contributed by atoms with van der Waals surface area (Å²) in [6, 6.07) is 5.70. The average Bonchev–Trinajstić information content (AvgIpc) is 3.58. The third kappa shape index (κ3) is 3.77. The summed E-state index contributed by atoms with van der Waals surface area (Å²) in [5.41, 5.74) is 5.12. The summed E-state index contributed by atoms with van der Waals surface area (Å²) in [7, 11) is 1.86. The largest absolute Gasteiger partial charge is 0.324 e. The van der Waals surface area contributed by atoms with Crippen LogP contribution in [0.25, 0.3) is 37.2 Å². The zero-order valence-electron chi connectivity index (χ0n) is 19.8. The van der Waals surface area contributed by atoms with Crippen LogP contribution in [-0.4, -0.2) is 58.2 Å². The minimum Gasteiger partial charge on any atom is -0.324 e. The van der Waals surface area contributed by atoms with Crippen LogP contribution in [-0.2, 0) is 24.8 Å². The fraction of sp³-hybridized carbons (Fsp3) is 0.200. The van der Waals surface area contributed by atoms with E-state index in [0.29, 0.717) is 34.2 Å². The second kappa shape index (κ2) is 8.32. The van der Waals surface area contributed by atoms with Crippen LogP contribution in [0.2, 0.25) is 0 Å². The maximum Gasteiger partial charge on any atom is 0.261 e. The van der Waals surface area contributed by atoms with Gasteiger partial charge in [0.05, 0.1) is 35.0 Å². The van der Waals surface area contributed by atoms with Gasteiger partial charge in [0, 0.05) is 56.4 Å². The van der Waals surface area contributed by atoms with Gasteiger partial charge in [0.2, 0.25) is 5.91 Å². The molecule has 0 unspecified atom stereocenters. The Labute approximate surface area is 213 Å². The van der Waals surface area contributed by atoms with Gasteiger partial charge in [0.15, 0.2) is 0 Å². The Morgan fingerprint density at radius 2 is 2.14 bits per heavy atom. The Bertz CT molecular complexity index is 1900. The zero-order valence-corrected chi connectivity index (χ0v) is 20.6. The van der Waals surface area contributed by atoms with E-state index in [4.69, 9.17) is 0 Å². The number of aromatic nitrogens is 7. The van der Waals surface area contributed by atoms with E-state index in [9.17, 15) is 9.59 Å². The molecule has 11 nitrogen and oxygen atoms in total. The van der Waals surface area contributed by atoms with Crippen molar-refractivity contribution in [1.29, 1.82) is 0 Å². The maximum absolute atomic E-state index is 13.1. The molecule has 0 bridgehead atoms. The first-order valence-corrected chi connectivity index (χ1v) is 12.6. The highest BCUT2D eigenvalue weighted by molar-refractivity contribution is 7.21. The predicted octanol–water partition coefficient (Wildman–Crippen LogP) is 2.58. The first kappa shape index (κ1) is 21.8. The van der Waals surface area contributed by atoms with Crippen molar-refractivity contribution in [1.82, 2.24) is 39.2 Å². The number of carbonyl (C=O) groups is 1. The average molecular weight is 512 g/mol. The summed E-state index contributed by atoms with van der Waals surface area (Å²) in [5.74, 6) is -0.137. The molecule has 0 saturated heterocycles. The van der Waals surface area contributed by atoms with Crippen LogP contribution in [0.4, 0.5) is 5.69 Å². The molecular formula is C25H21N9O2S. The smallest absolute Gasteiger partial charge is 0.261 e.